The number of aromatic nitrogens is 3. The predicted octanol–water partition coefficient (Wildman–Crippen LogP) is 3.98. The van der Waals surface area contributed by atoms with Crippen LogP contribution in [-0.2, 0) is 4.74 Å². The molecule has 0 fully saturated rings. The molecule has 0 saturated heterocycles. The quantitative estimate of drug-likeness (QED) is 0.494. The second-order valence-electron chi connectivity index (χ2n) is 5.77. The SMILES string of the molecule is NCCCOCCCNc1cc(-c2ccccc2Cl)nc2c(Br)cnn12. The van der Waals surface area contributed by atoms with E-state index in [1.165, 1.54) is 0 Å². The molecule has 26 heavy (non-hydrogen) atoms. The van der Waals surface area contributed by atoms with Crippen LogP contribution in [0.4, 0.5) is 5.82 Å². The van der Waals surface area contributed by atoms with E-state index in [2.05, 4.69) is 26.3 Å². The molecule has 0 spiro atoms. The van der Waals surface area contributed by atoms with Crippen molar-refractivity contribution in [2.24, 2.45) is 5.73 Å². The molecular weight excluding hydrogens is 418 g/mol. The second kappa shape index (κ2) is 9.32. The lowest BCUT2D eigenvalue weighted by Gasteiger charge is -2.11. The van der Waals surface area contributed by atoms with E-state index in [4.69, 9.17) is 27.1 Å². The number of ether oxygens (including phenoxy) is 1. The highest BCUT2D eigenvalue weighted by Gasteiger charge is 2.12. The van der Waals surface area contributed by atoms with Crippen molar-refractivity contribution >= 4 is 39.0 Å². The first-order chi connectivity index (χ1) is 12.7. The Balaban J connectivity index is 1.77. The Morgan fingerprint density at radius 1 is 1.23 bits per heavy atom. The summed E-state index contributed by atoms with van der Waals surface area (Å²) >= 11 is 9.85. The highest BCUT2D eigenvalue weighted by Crippen LogP contribution is 2.30. The van der Waals surface area contributed by atoms with E-state index < -0.39 is 0 Å². The molecule has 3 N–H and O–H groups in total. The summed E-state index contributed by atoms with van der Waals surface area (Å²) in [6.45, 7) is 2.83. The van der Waals surface area contributed by atoms with E-state index >= 15 is 0 Å². The molecule has 3 rings (SSSR count). The topological polar surface area (TPSA) is 77.5 Å². The van der Waals surface area contributed by atoms with Gasteiger partial charge in [-0.25, -0.2) is 4.98 Å². The number of rotatable bonds is 9. The maximum Gasteiger partial charge on any atom is 0.172 e. The number of halogens is 2. The molecule has 0 saturated carbocycles. The van der Waals surface area contributed by atoms with Gasteiger partial charge in [0.05, 0.1) is 16.4 Å². The zero-order valence-electron chi connectivity index (χ0n) is 14.3. The lowest BCUT2D eigenvalue weighted by atomic mass is 10.1. The number of nitrogens with zero attached hydrogens (tertiary/aromatic N) is 3. The van der Waals surface area contributed by atoms with Gasteiger partial charge in [0.25, 0.3) is 0 Å². The Hall–Kier alpha value is -1.67. The molecule has 0 aliphatic rings. The van der Waals surface area contributed by atoms with Crippen LogP contribution in [0.1, 0.15) is 12.8 Å². The zero-order valence-corrected chi connectivity index (χ0v) is 16.6. The lowest BCUT2D eigenvalue weighted by molar-refractivity contribution is 0.133. The van der Waals surface area contributed by atoms with Crippen LogP contribution in [0, 0.1) is 0 Å². The molecule has 138 valence electrons. The smallest absolute Gasteiger partial charge is 0.172 e. The van der Waals surface area contributed by atoms with Crippen LogP contribution in [0.25, 0.3) is 16.9 Å². The van der Waals surface area contributed by atoms with Crippen LogP contribution >= 0.6 is 27.5 Å². The van der Waals surface area contributed by atoms with E-state index in [1.807, 2.05) is 30.3 Å². The Bertz CT molecular complexity index is 870. The van der Waals surface area contributed by atoms with Gasteiger partial charge in [-0.1, -0.05) is 29.8 Å². The van der Waals surface area contributed by atoms with Crippen molar-refractivity contribution in [1.29, 1.82) is 0 Å². The van der Waals surface area contributed by atoms with Crippen molar-refractivity contribution in [3.8, 4) is 11.3 Å². The predicted molar refractivity (Wildman–Crippen MR) is 109 cm³/mol. The number of benzene rings is 1. The van der Waals surface area contributed by atoms with Crippen LogP contribution in [0.2, 0.25) is 5.02 Å². The van der Waals surface area contributed by atoms with Crippen molar-refractivity contribution in [1.82, 2.24) is 14.6 Å². The van der Waals surface area contributed by atoms with Crippen LogP contribution in [0.5, 0.6) is 0 Å². The van der Waals surface area contributed by atoms with Gasteiger partial charge in [-0.3, -0.25) is 0 Å². The van der Waals surface area contributed by atoms with Crippen LogP contribution in [0.3, 0.4) is 0 Å². The molecule has 0 aliphatic heterocycles. The van der Waals surface area contributed by atoms with Gasteiger partial charge in [-0.2, -0.15) is 9.61 Å². The van der Waals surface area contributed by atoms with E-state index in [9.17, 15) is 0 Å². The van der Waals surface area contributed by atoms with Crippen molar-refractivity contribution < 1.29 is 4.74 Å². The van der Waals surface area contributed by atoms with Crippen molar-refractivity contribution in [2.45, 2.75) is 12.8 Å². The second-order valence-corrected chi connectivity index (χ2v) is 7.03. The normalized spacial score (nSPS) is 11.2. The Kier molecular flexibility index (Phi) is 6.85. The zero-order chi connectivity index (χ0) is 18.4. The number of fused-ring (bicyclic) bond motifs is 1. The average Bonchev–Trinajstić information content (AvgIpc) is 3.02. The van der Waals surface area contributed by atoms with Gasteiger partial charge in [0.15, 0.2) is 5.65 Å². The van der Waals surface area contributed by atoms with Crippen molar-refractivity contribution in [3.63, 3.8) is 0 Å². The average molecular weight is 439 g/mol. The van der Waals surface area contributed by atoms with Gasteiger partial charge in [0.2, 0.25) is 0 Å². The summed E-state index contributed by atoms with van der Waals surface area (Å²) in [6, 6.07) is 9.64. The summed E-state index contributed by atoms with van der Waals surface area (Å²) in [7, 11) is 0. The van der Waals surface area contributed by atoms with Crippen LogP contribution in [-0.4, -0.2) is 40.9 Å². The van der Waals surface area contributed by atoms with Gasteiger partial charge >= 0.3 is 0 Å². The highest BCUT2D eigenvalue weighted by atomic mass is 79.9. The van der Waals surface area contributed by atoms with Crippen LogP contribution in [0.15, 0.2) is 41.0 Å². The van der Waals surface area contributed by atoms with E-state index in [-0.39, 0.29) is 0 Å². The van der Waals surface area contributed by atoms with Crippen LogP contribution < -0.4 is 11.1 Å². The summed E-state index contributed by atoms with van der Waals surface area (Å²) in [5.41, 5.74) is 7.88. The molecule has 0 amide bonds. The largest absolute Gasteiger partial charge is 0.381 e. The molecule has 2 heterocycles. The summed E-state index contributed by atoms with van der Waals surface area (Å²) in [5.74, 6) is 0.859. The molecule has 0 radical (unpaired) electrons. The minimum Gasteiger partial charge on any atom is -0.381 e. The maximum atomic E-state index is 6.34. The first-order valence-corrected chi connectivity index (χ1v) is 9.68. The van der Waals surface area contributed by atoms with E-state index in [1.54, 1.807) is 10.7 Å². The molecule has 0 bridgehead atoms. The van der Waals surface area contributed by atoms with Crippen molar-refractivity contribution in [3.05, 3.63) is 46.0 Å². The van der Waals surface area contributed by atoms with Crippen molar-refractivity contribution in [2.75, 3.05) is 31.6 Å². The van der Waals surface area contributed by atoms with Gasteiger partial charge in [-0.05, 0) is 41.4 Å². The van der Waals surface area contributed by atoms with Gasteiger partial charge in [0.1, 0.15) is 5.82 Å². The fraction of sp³-hybridized carbons (Fsp3) is 0.333. The fourth-order valence-corrected chi connectivity index (χ4v) is 3.13. The van der Waals surface area contributed by atoms with Gasteiger partial charge in [-0.15, -0.1) is 0 Å². The molecule has 6 nitrogen and oxygen atoms in total. The Morgan fingerprint density at radius 2 is 2.04 bits per heavy atom. The van der Waals surface area contributed by atoms with E-state index in [0.717, 1.165) is 46.6 Å². The molecule has 0 aliphatic carbocycles. The number of anilines is 1. The standard InChI is InChI=1S/C18H21BrClN5O/c19-14-12-23-25-17(22-8-4-10-26-9-3-7-21)11-16(24-18(14)25)13-5-1-2-6-15(13)20/h1-2,5-6,11-12,22H,3-4,7-10,21H2. The molecule has 1 aromatic carbocycles. The molecule has 3 aromatic rings. The summed E-state index contributed by atoms with van der Waals surface area (Å²) in [4.78, 5) is 4.70. The molecule has 2 aromatic heterocycles. The number of hydrogen-bond donors (Lipinski definition) is 2. The molecular formula is C18H21BrClN5O. The minimum atomic E-state index is 0.659. The number of nitrogens with two attached hydrogens (primary N) is 1. The van der Waals surface area contributed by atoms with Gasteiger partial charge in [0, 0.05) is 36.4 Å². The maximum absolute atomic E-state index is 6.34. The molecule has 0 unspecified atom stereocenters. The lowest BCUT2D eigenvalue weighted by Crippen LogP contribution is -2.11. The first-order valence-electron chi connectivity index (χ1n) is 8.51. The third-order valence-electron chi connectivity index (χ3n) is 3.84. The molecule has 0 atom stereocenters. The van der Waals surface area contributed by atoms with Gasteiger partial charge < -0.3 is 15.8 Å². The van der Waals surface area contributed by atoms with E-state index in [0.29, 0.717) is 24.8 Å². The highest BCUT2D eigenvalue weighted by molar-refractivity contribution is 9.10. The third-order valence-corrected chi connectivity index (χ3v) is 4.73. The summed E-state index contributed by atoms with van der Waals surface area (Å²) in [5, 5.41) is 8.46. The minimum absolute atomic E-state index is 0.659. The Morgan fingerprint density at radius 3 is 2.85 bits per heavy atom. The number of nitrogens with one attached hydrogen (secondary N) is 1. The monoisotopic (exact) mass is 437 g/mol. The Labute approximate surface area is 165 Å². The fourth-order valence-electron chi connectivity index (χ4n) is 2.55. The summed E-state index contributed by atoms with van der Waals surface area (Å²) in [6.07, 6.45) is 3.51. The number of hydrogen-bond acceptors (Lipinski definition) is 5. The third kappa shape index (κ3) is 4.54. The molecule has 8 heteroatoms. The summed E-state index contributed by atoms with van der Waals surface area (Å²) < 4.78 is 8.14. The first kappa shape index (κ1) is 19.1.